The standard InChI is InChI=1S/C17H17N3O2/c1-10-6-14-15(7-11(10)2)19-16(18-14)9-12-4-3-5-13(8-12)17(21)20-22/h3-8,22H,9H2,1-2H3,(H,18,19)(H,20,21). The average Bonchev–Trinajstić information content (AvgIpc) is 2.88. The second kappa shape index (κ2) is 5.61. The summed E-state index contributed by atoms with van der Waals surface area (Å²) in [5.74, 6) is 0.333. The number of nitrogens with one attached hydrogen (secondary N) is 2. The van der Waals surface area contributed by atoms with Crippen LogP contribution in [0.4, 0.5) is 0 Å². The molecule has 3 N–H and O–H groups in total. The molecule has 0 radical (unpaired) electrons. The first-order valence-corrected chi connectivity index (χ1v) is 7.06. The van der Waals surface area contributed by atoms with Crippen LogP contribution in [0.3, 0.4) is 0 Å². The largest absolute Gasteiger partial charge is 0.342 e. The lowest BCUT2D eigenvalue weighted by Crippen LogP contribution is -2.18. The van der Waals surface area contributed by atoms with Crippen molar-refractivity contribution >= 4 is 16.9 Å². The first kappa shape index (κ1) is 14.3. The molecule has 0 aliphatic carbocycles. The van der Waals surface area contributed by atoms with Gasteiger partial charge in [0.25, 0.3) is 5.91 Å². The number of benzene rings is 2. The number of fused-ring (bicyclic) bond motifs is 1. The molecule has 0 spiro atoms. The maximum absolute atomic E-state index is 11.4. The van der Waals surface area contributed by atoms with Gasteiger partial charge in [0.2, 0.25) is 0 Å². The van der Waals surface area contributed by atoms with Crippen molar-refractivity contribution in [3.63, 3.8) is 0 Å². The molecule has 5 heteroatoms. The predicted octanol–water partition coefficient (Wildman–Crippen LogP) is 2.89. The summed E-state index contributed by atoms with van der Waals surface area (Å²) in [6.07, 6.45) is 0.597. The monoisotopic (exact) mass is 295 g/mol. The summed E-state index contributed by atoms with van der Waals surface area (Å²) in [7, 11) is 0. The van der Waals surface area contributed by atoms with E-state index in [1.54, 1.807) is 23.7 Å². The molecule has 1 heterocycles. The van der Waals surface area contributed by atoms with Crippen LogP contribution in [0.1, 0.15) is 32.9 Å². The van der Waals surface area contributed by atoms with Crippen molar-refractivity contribution in [1.29, 1.82) is 0 Å². The highest BCUT2D eigenvalue weighted by atomic mass is 16.5. The van der Waals surface area contributed by atoms with E-state index in [4.69, 9.17) is 5.21 Å². The minimum absolute atomic E-state index is 0.419. The van der Waals surface area contributed by atoms with E-state index in [9.17, 15) is 4.79 Å². The van der Waals surface area contributed by atoms with Crippen molar-refractivity contribution in [2.24, 2.45) is 0 Å². The Hall–Kier alpha value is -2.66. The van der Waals surface area contributed by atoms with Gasteiger partial charge in [0.15, 0.2) is 0 Å². The van der Waals surface area contributed by atoms with Gasteiger partial charge in [0.1, 0.15) is 5.82 Å². The minimum atomic E-state index is -0.516. The highest BCUT2D eigenvalue weighted by molar-refractivity contribution is 5.93. The summed E-state index contributed by atoms with van der Waals surface area (Å²) in [5.41, 5.74) is 7.42. The first-order valence-electron chi connectivity index (χ1n) is 7.06. The Balaban J connectivity index is 1.91. The quantitative estimate of drug-likeness (QED) is 0.513. The fourth-order valence-corrected chi connectivity index (χ4v) is 2.49. The number of amides is 1. The molecular formula is C17H17N3O2. The summed E-state index contributed by atoms with van der Waals surface area (Å²) >= 11 is 0. The second-order valence-corrected chi connectivity index (χ2v) is 5.46. The van der Waals surface area contributed by atoms with Crippen molar-refractivity contribution in [2.75, 3.05) is 0 Å². The maximum atomic E-state index is 11.4. The maximum Gasteiger partial charge on any atom is 0.274 e. The number of hydrogen-bond acceptors (Lipinski definition) is 3. The molecule has 0 aliphatic rings. The Kier molecular flexibility index (Phi) is 3.65. The summed E-state index contributed by atoms with van der Waals surface area (Å²) in [6, 6.07) is 11.3. The molecule has 0 unspecified atom stereocenters. The van der Waals surface area contributed by atoms with Gasteiger partial charge in [-0.3, -0.25) is 10.0 Å². The molecule has 5 nitrogen and oxygen atoms in total. The Morgan fingerprint density at radius 2 is 2.00 bits per heavy atom. The molecule has 1 aromatic heterocycles. The lowest BCUT2D eigenvalue weighted by atomic mass is 10.1. The van der Waals surface area contributed by atoms with Gasteiger partial charge in [-0.05, 0) is 54.8 Å². The molecule has 2 aromatic carbocycles. The van der Waals surface area contributed by atoms with Gasteiger partial charge in [-0.25, -0.2) is 10.5 Å². The number of hydroxylamine groups is 1. The number of hydrogen-bond donors (Lipinski definition) is 3. The Morgan fingerprint density at radius 3 is 2.77 bits per heavy atom. The van der Waals surface area contributed by atoms with Crippen LogP contribution in [0.2, 0.25) is 0 Å². The smallest absolute Gasteiger partial charge is 0.274 e. The average molecular weight is 295 g/mol. The lowest BCUT2D eigenvalue weighted by Gasteiger charge is -2.02. The molecule has 3 rings (SSSR count). The van der Waals surface area contributed by atoms with E-state index < -0.39 is 5.91 Å². The van der Waals surface area contributed by atoms with Crippen LogP contribution < -0.4 is 5.48 Å². The number of nitrogens with zero attached hydrogens (tertiary/aromatic N) is 1. The van der Waals surface area contributed by atoms with Gasteiger partial charge < -0.3 is 4.98 Å². The van der Waals surface area contributed by atoms with E-state index in [0.29, 0.717) is 12.0 Å². The normalized spacial score (nSPS) is 10.9. The number of aromatic nitrogens is 2. The fourth-order valence-electron chi connectivity index (χ4n) is 2.49. The van der Waals surface area contributed by atoms with E-state index >= 15 is 0 Å². The van der Waals surface area contributed by atoms with E-state index in [0.717, 1.165) is 22.4 Å². The van der Waals surface area contributed by atoms with Gasteiger partial charge >= 0.3 is 0 Å². The van der Waals surface area contributed by atoms with Crippen molar-refractivity contribution in [1.82, 2.24) is 15.4 Å². The molecule has 0 saturated heterocycles. The van der Waals surface area contributed by atoms with Crippen LogP contribution in [0, 0.1) is 13.8 Å². The number of carbonyl (C=O) groups excluding carboxylic acids is 1. The summed E-state index contributed by atoms with van der Waals surface area (Å²) in [6.45, 7) is 4.15. The van der Waals surface area contributed by atoms with Crippen molar-refractivity contribution in [3.05, 3.63) is 64.5 Å². The summed E-state index contributed by atoms with van der Waals surface area (Å²) in [4.78, 5) is 19.4. The molecule has 0 saturated carbocycles. The Bertz CT molecular complexity index is 813. The third-order valence-electron chi connectivity index (χ3n) is 3.81. The minimum Gasteiger partial charge on any atom is -0.342 e. The van der Waals surface area contributed by atoms with Crippen LogP contribution >= 0.6 is 0 Å². The zero-order valence-electron chi connectivity index (χ0n) is 12.5. The van der Waals surface area contributed by atoms with Crippen LogP contribution in [0.25, 0.3) is 11.0 Å². The molecule has 0 aliphatic heterocycles. The Morgan fingerprint density at radius 1 is 1.23 bits per heavy atom. The van der Waals surface area contributed by atoms with Crippen molar-refractivity contribution in [2.45, 2.75) is 20.3 Å². The molecule has 112 valence electrons. The number of rotatable bonds is 3. The topological polar surface area (TPSA) is 78.0 Å². The third kappa shape index (κ3) is 2.71. The van der Waals surface area contributed by atoms with Crippen molar-refractivity contribution in [3.8, 4) is 0 Å². The SMILES string of the molecule is Cc1cc2nc(Cc3cccc(C(=O)NO)c3)[nH]c2cc1C. The van der Waals surface area contributed by atoms with Crippen molar-refractivity contribution < 1.29 is 10.0 Å². The van der Waals surface area contributed by atoms with Crippen LogP contribution in [0.15, 0.2) is 36.4 Å². The summed E-state index contributed by atoms with van der Waals surface area (Å²) in [5, 5.41) is 8.70. The molecule has 0 fully saturated rings. The second-order valence-electron chi connectivity index (χ2n) is 5.46. The molecular weight excluding hydrogens is 278 g/mol. The lowest BCUT2D eigenvalue weighted by molar-refractivity contribution is 0.0706. The van der Waals surface area contributed by atoms with E-state index in [2.05, 4.69) is 35.9 Å². The zero-order valence-corrected chi connectivity index (χ0v) is 12.5. The number of aromatic amines is 1. The number of imidazole rings is 1. The molecule has 22 heavy (non-hydrogen) atoms. The van der Waals surface area contributed by atoms with E-state index in [1.165, 1.54) is 11.1 Å². The highest BCUT2D eigenvalue weighted by Crippen LogP contribution is 2.19. The number of aryl methyl sites for hydroxylation is 2. The van der Waals surface area contributed by atoms with Gasteiger partial charge in [0.05, 0.1) is 11.0 Å². The molecule has 0 atom stereocenters. The van der Waals surface area contributed by atoms with Gasteiger partial charge in [0, 0.05) is 12.0 Å². The highest BCUT2D eigenvalue weighted by Gasteiger charge is 2.08. The first-order chi connectivity index (χ1) is 10.6. The van der Waals surface area contributed by atoms with Gasteiger partial charge in [-0.2, -0.15) is 0 Å². The van der Waals surface area contributed by atoms with E-state index in [1.807, 2.05) is 6.07 Å². The third-order valence-corrected chi connectivity index (χ3v) is 3.81. The number of H-pyrrole nitrogens is 1. The van der Waals surface area contributed by atoms with Gasteiger partial charge in [-0.15, -0.1) is 0 Å². The molecule has 1 amide bonds. The summed E-state index contributed by atoms with van der Waals surface area (Å²) < 4.78 is 0. The number of carbonyl (C=O) groups is 1. The van der Waals surface area contributed by atoms with Crippen LogP contribution in [0.5, 0.6) is 0 Å². The van der Waals surface area contributed by atoms with Gasteiger partial charge in [-0.1, -0.05) is 12.1 Å². The van der Waals surface area contributed by atoms with Crippen LogP contribution in [-0.2, 0) is 6.42 Å². The zero-order chi connectivity index (χ0) is 15.7. The van der Waals surface area contributed by atoms with E-state index in [-0.39, 0.29) is 0 Å². The molecule has 3 aromatic rings. The fraction of sp³-hybridized carbons (Fsp3) is 0.176. The van der Waals surface area contributed by atoms with Crippen LogP contribution in [-0.4, -0.2) is 21.1 Å². The Labute approximate surface area is 128 Å². The predicted molar refractivity (Wildman–Crippen MR) is 84.1 cm³/mol. The molecule has 0 bridgehead atoms.